The maximum Gasteiger partial charge on any atom is -0.00588 e. The van der Waals surface area contributed by atoms with Crippen LogP contribution in [0.25, 0.3) is 0 Å². The Hall–Kier alpha value is -0.260. The van der Waals surface area contributed by atoms with Gasteiger partial charge in [0.1, 0.15) is 0 Å². The number of hydrogen-bond donors (Lipinski definition) is 0. The van der Waals surface area contributed by atoms with Gasteiger partial charge in [0.2, 0.25) is 0 Å². The first-order valence-electron chi connectivity index (χ1n) is 4.64. The Labute approximate surface area is 70.7 Å². The van der Waals surface area contributed by atoms with Crippen molar-refractivity contribution in [3.63, 3.8) is 0 Å². The Morgan fingerprint density at radius 1 is 1.18 bits per heavy atom. The highest BCUT2D eigenvalue weighted by atomic mass is 14.5. The molecule has 0 bridgehead atoms. The number of rotatable bonds is 2. The van der Waals surface area contributed by atoms with Gasteiger partial charge in [0.25, 0.3) is 0 Å². The van der Waals surface area contributed by atoms with Crippen molar-refractivity contribution in [2.24, 2.45) is 10.8 Å². The zero-order chi connectivity index (χ0) is 8.70. The van der Waals surface area contributed by atoms with Crippen molar-refractivity contribution in [1.82, 2.24) is 0 Å². The third-order valence-electron chi connectivity index (χ3n) is 3.47. The Morgan fingerprint density at radius 2 is 1.73 bits per heavy atom. The van der Waals surface area contributed by atoms with Crippen LogP contribution in [0.4, 0.5) is 0 Å². The van der Waals surface area contributed by atoms with Gasteiger partial charge in [0, 0.05) is 0 Å². The molecule has 0 amide bonds. The zero-order valence-corrected chi connectivity index (χ0v) is 8.49. The molecule has 1 rings (SSSR count). The van der Waals surface area contributed by atoms with Crippen molar-refractivity contribution in [3.05, 3.63) is 11.6 Å². The van der Waals surface area contributed by atoms with Crippen molar-refractivity contribution in [3.8, 4) is 0 Å². The Balaban J connectivity index is 2.74. The van der Waals surface area contributed by atoms with Crippen molar-refractivity contribution in [2.45, 2.75) is 47.5 Å². The third-order valence-corrected chi connectivity index (χ3v) is 3.47. The molecule has 1 aliphatic rings. The van der Waals surface area contributed by atoms with Gasteiger partial charge in [-0.2, -0.15) is 0 Å². The highest BCUT2D eigenvalue weighted by molar-refractivity contribution is 5.31. The van der Waals surface area contributed by atoms with Gasteiger partial charge in [0.15, 0.2) is 0 Å². The molecule has 0 N–H and O–H groups in total. The molecule has 0 saturated carbocycles. The molecular weight excluding hydrogens is 132 g/mol. The van der Waals surface area contributed by atoms with Gasteiger partial charge in [-0.15, -0.1) is 0 Å². The second kappa shape index (κ2) is 2.36. The van der Waals surface area contributed by atoms with E-state index in [0.717, 1.165) is 0 Å². The summed E-state index contributed by atoms with van der Waals surface area (Å²) in [7, 11) is 0. The van der Waals surface area contributed by atoms with Crippen LogP contribution in [0, 0.1) is 10.8 Å². The van der Waals surface area contributed by atoms with Crippen LogP contribution < -0.4 is 0 Å². The van der Waals surface area contributed by atoms with Gasteiger partial charge in [-0.1, -0.05) is 52.7 Å². The van der Waals surface area contributed by atoms with Crippen LogP contribution in [-0.2, 0) is 0 Å². The molecule has 0 unspecified atom stereocenters. The summed E-state index contributed by atoms with van der Waals surface area (Å²) in [6.45, 7) is 11.6. The van der Waals surface area contributed by atoms with Gasteiger partial charge in [0.05, 0.1) is 0 Å². The third kappa shape index (κ3) is 1.13. The van der Waals surface area contributed by atoms with E-state index < -0.39 is 0 Å². The molecule has 0 aromatic carbocycles. The van der Waals surface area contributed by atoms with E-state index in [9.17, 15) is 0 Å². The molecule has 0 aliphatic heterocycles. The lowest BCUT2D eigenvalue weighted by molar-refractivity contribution is 0.157. The zero-order valence-electron chi connectivity index (χ0n) is 8.49. The molecule has 0 aromatic rings. The minimum Gasteiger partial charge on any atom is -0.0782 e. The van der Waals surface area contributed by atoms with Crippen LogP contribution in [0.1, 0.15) is 47.5 Å². The van der Waals surface area contributed by atoms with Crippen LogP contribution in [-0.4, -0.2) is 0 Å². The molecule has 1 aliphatic carbocycles. The first kappa shape index (κ1) is 8.83. The molecule has 64 valence electrons. The van der Waals surface area contributed by atoms with Crippen LogP contribution in [0.15, 0.2) is 11.6 Å². The Morgan fingerprint density at radius 3 is 2.00 bits per heavy atom. The van der Waals surface area contributed by atoms with E-state index >= 15 is 0 Å². The maximum absolute atomic E-state index is 2.44. The minimum absolute atomic E-state index is 0.428. The monoisotopic (exact) mass is 152 g/mol. The predicted molar refractivity (Wildman–Crippen MR) is 50.6 cm³/mol. The van der Waals surface area contributed by atoms with E-state index in [1.54, 1.807) is 5.57 Å². The maximum atomic E-state index is 2.44. The minimum atomic E-state index is 0.428. The van der Waals surface area contributed by atoms with E-state index in [-0.39, 0.29) is 0 Å². The lowest BCUT2D eigenvalue weighted by atomic mass is 9.54. The Bertz CT molecular complexity index is 182. The van der Waals surface area contributed by atoms with E-state index in [0.29, 0.717) is 10.8 Å². The van der Waals surface area contributed by atoms with E-state index in [1.165, 1.54) is 12.8 Å². The molecule has 0 heteroatoms. The average molecular weight is 152 g/mol. The summed E-state index contributed by atoms with van der Waals surface area (Å²) >= 11 is 0. The fraction of sp³-hybridized carbons (Fsp3) is 0.818. The summed E-state index contributed by atoms with van der Waals surface area (Å²) < 4.78 is 0. The fourth-order valence-electron chi connectivity index (χ4n) is 1.79. The largest absolute Gasteiger partial charge is 0.0782 e. The molecule has 0 nitrogen and oxygen atoms in total. The normalized spacial score (nSPS) is 25.7. The smallest absolute Gasteiger partial charge is 0.00588 e. The van der Waals surface area contributed by atoms with Crippen molar-refractivity contribution >= 4 is 0 Å². The van der Waals surface area contributed by atoms with Gasteiger partial charge in [-0.05, 0) is 17.3 Å². The summed E-state index contributed by atoms with van der Waals surface area (Å²) in [6.07, 6.45) is 5.01. The molecule has 0 atom stereocenters. The molecule has 0 spiro atoms. The molecule has 0 heterocycles. The summed E-state index contributed by atoms with van der Waals surface area (Å²) in [6, 6.07) is 0. The van der Waals surface area contributed by atoms with Crippen LogP contribution in [0.3, 0.4) is 0 Å². The molecule has 0 saturated heterocycles. The first-order chi connectivity index (χ1) is 4.92. The van der Waals surface area contributed by atoms with Crippen LogP contribution >= 0.6 is 0 Å². The van der Waals surface area contributed by atoms with E-state index in [1.807, 2.05) is 0 Å². The Kier molecular flexibility index (Phi) is 1.90. The standard InChI is InChI=1S/C11H20/c1-6-7-9-8-10(2,3)11(9,4)5/h8H,6-7H2,1-5H3. The number of hydrogen-bond acceptors (Lipinski definition) is 0. The summed E-state index contributed by atoms with van der Waals surface area (Å²) in [5.74, 6) is 0. The molecule has 0 aromatic heterocycles. The van der Waals surface area contributed by atoms with E-state index in [2.05, 4.69) is 40.7 Å². The van der Waals surface area contributed by atoms with Crippen molar-refractivity contribution in [1.29, 1.82) is 0 Å². The van der Waals surface area contributed by atoms with Gasteiger partial charge in [-0.3, -0.25) is 0 Å². The lowest BCUT2D eigenvalue weighted by Gasteiger charge is -2.51. The van der Waals surface area contributed by atoms with Gasteiger partial charge in [-0.25, -0.2) is 0 Å². The molecular formula is C11H20. The summed E-state index contributed by atoms with van der Waals surface area (Å²) in [5.41, 5.74) is 2.53. The lowest BCUT2D eigenvalue weighted by Crippen LogP contribution is -2.41. The predicted octanol–water partition coefficient (Wildman–Crippen LogP) is 3.78. The first-order valence-corrected chi connectivity index (χ1v) is 4.64. The SMILES string of the molecule is CCCC1=CC(C)(C)C1(C)C. The summed E-state index contributed by atoms with van der Waals surface area (Å²) in [4.78, 5) is 0. The average Bonchev–Trinajstić information content (AvgIpc) is 1.87. The summed E-state index contributed by atoms with van der Waals surface area (Å²) in [5, 5.41) is 0. The highest BCUT2D eigenvalue weighted by Gasteiger charge is 2.45. The number of allylic oxidation sites excluding steroid dienone is 2. The second-order valence-electron chi connectivity index (χ2n) is 4.77. The van der Waals surface area contributed by atoms with Gasteiger partial charge < -0.3 is 0 Å². The molecule has 11 heavy (non-hydrogen) atoms. The highest BCUT2D eigenvalue weighted by Crippen LogP contribution is 2.55. The van der Waals surface area contributed by atoms with Crippen molar-refractivity contribution < 1.29 is 0 Å². The fourth-order valence-corrected chi connectivity index (χ4v) is 1.79. The van der Waals surface area contributed by atoms with E-state index in [4.69, 9.17) is 0 Å². The quantitative estimate of drug-likeness (QED) is 0.528. The topological polar surface area (TPSA) is 0 Å². The second-order valence-corrected chi connectivity index (χ2v) is 4.77. The van der Waals surface area contributed by atoms with Crippen molar-refractivity contribution in [2.75, 3.05) is 0 Å². The van der Waals surface area contributed by atoms with Gasteiger partial charge >= 0.3 is 0 Å². The van der Waals surface area contributed by atoms with Crippen LogP contribution in [0.5, 0.6) is 0 Å². The van der Waals surface area contributed by atoms with Crippen LogP contribution in [0.2, 0.25) is 0 Å². The molecule has 0 radical (unpaired) electrons. The molecule has 0 fully saturated rings.